The molecule has 2 N–H and O–H groups in total. The van der Waals surface area contributed by atoms with E-state index in [4.69, 9.17) is 16.7 Å². The molecule has 0 aliphatic heterocycles. The van der Waals surface area contributed by atoms with Crippen molar-refractivity contribution in [2.75, 3.05) is 0 Å². The quantitative estimate of drug-likeness (QED) is 0.207. The first-order valence-electron chi connectivity index (χ1n) is 5.24. The summed E-state index contributed by atoms with van der Waals surface area (Å²) in [6.07, 6.45) is -0.0162. The summed E-state index contributed by atoms with van der Waals surface area (Å²) in [5.41, 5.74) is -0.648. The number of carbonyl (C=O) groups is 1. The number of aliphatic hydroxyl groups excluding tert-OH is 1. The van der Waals surface area contributed by atoms with Crippen LogP contribution in [0.2, 0.25) is 0 Å². The zero-order chi connectivity index (χ0) is 15.3. The zero-order valence-electron chi connectivity index (χ0n) is 9.89. The van der Waals surface area contributed by atoms with Crippen LogP contribution >= 0.6 is 11.6 Å². The number of carboxylic acids is 1. The Hall–Kier alpha value is -2.48. The number of rotatable bonds is 6. The fraction of sp³-hybridized carbons (Fsp3) is 0.182. The lowest BCUT2D eigenvalue weighted by molar-refractivity contribution is -0.384. The number of nitroso groups, excluding NO2 is 1. The molecule has 0 fully saturated rings. The van der Waals surface area contributed by atoms with Gasteiger partial charge in [0.25, 0.3) is 5.69 Å². The lowest BCUT2D eigenvalue weighted by atomic mass is 10.1. The largest absolute Gasteiger partial charge is 0.508 e. The second-order valence-corrected chi connectivity index (χ2v) is 4.25. The lowest BCUT2D eigenvalue weighted by Crippen LogP contribution is -2.13. The molecule has 0 heterocycles. The molecule has 20 heavy (non-hydrogen) atoms. The first-order valence-corrected chi connectivity index (χ1v) is 5.67. The molecule has 1 aromatic carbocycles. The van der Waals surface area contributed by atoms with E-state index in [0.29, 0.717) is 5.56 Å². The number of hydrogen-bond donors (Lipinski definition) is 2. The summed E-state index contributed by atoms with van der Waals surface area (Å²) in [6, 6.07) is 5.32. The van der Waals surface area contributed by atoms with Gasteiger partial charge in [-0.25, -0.2) is 4.79 Å². The number of nitro groups is 1. The number of hydrogen-bond acceptors (Lipinski definition) is 6. The summed E-state index contributed by atoms with van der Waals surface area (Å²) in [6.45, 7) is 0. The predicted octanol–water partition coefficient (Wildman–Crippen LogP) is 2.37. The number of allylic oxidation sites excluding steroid dienone is 1. The van der Waals surface area contributed by atoms with Crippen molar-refractivity contribution in [3.05, 3.63) is 56.3 Å². The second kappa shape index (κ2) is 6.62. The fourth-order valence-corrected chi connectivity index (χ4v) is 1.68. The van der Waals surface area contributed by atoms with E-state index < -0.39 is 27.7 Å². The van der Waals surface area contributed by atoms with Crippen LogP contribution in [0.15, 0.2) is 40.9 Å². The first kappa shape index (κ1) is 15.6. The molecule has 1 aromatic rings. The number of nitrogens with zero attached hydrogens (tertiary/aromatic N) is 2. The highest BCUT2D eigenvalue weighted by molar-refractivity contribution is 6.22. The van der Waals surface area contributed by atoms with Gasteiger partial charge in [-0.2, -0.15) is 0 Å². The van der Waals surface area contributed by atoms with Crippen LogP contribution < -0.4 is 0 Å². The molecule has 1 atom stereocenters. The molecule has 1 rings (SSSR count). The molecule has 8 nitrogen and oxygen atoms in total. The summed E-state index contributed by atoms with van der Waals surface area (Å²) >= 11 is 5.78. The van der Waals surface area contributed by atoms with Crippen molar-refractivity contribution >= 4 is 23.3 Å². The van der Waals surface area contributed by atoms with Gasteiger partial charge in [0.15, 0.2) is 0 Å². The molecule has 0 aliphatic carbocycles. The minimum absolute atomic E-state index is 0.0162. The number of aliphatic carboxylic acids is 1. The normalized spacial score (nSPS) is 13.2. The molecular weight excluding hydrogens is 292 g/mol. The molecular formula is C11H9ClN2O6. The summed E-state index contributed by atoms with van der Waals surface area (Å²) in [7, 11) is 0. The van der Waals surface area contributed by atoms with Gasteiger partial charge in [0.05, 0.1) is 10.3 Å². The number of carboxylic acid groups (broad SMARTS) is 1. The molecule has 0 spiro atoms. The number of aliphatic hydroxyl groups is 1. The highest BCUT2D eigenvalue weighted by Gasteiger charge is 2.22. The van der Waals surface area contributed by atoms with Crippen LogP contribution in [-0.4, -0.2) is 26.5 Å². The lowest BCUT2D eigenvalue weighted by Gasteiger charge is -2.09. The Morgan fingerprint density at radius 1 is 1.35 bits per heavy atom. The third-order valence-corrected chi connectivity index (χ3v) is 2.76. The Morgan fingerprint density at radius 2 is 1.90 bits per heavy atom. The Morgan fingerprint density at radius 3 is 2.30 bits per heavy atom. The predicted molar refractivity (Wildman–Crippen MR) is 69.5 cm³/mol. The average molecular weight is 301 g/mol. The van der Waals surface area contributed by atoms with E-state index in [1.165, 1.54) is 24.3 Å². The van der Waals surface area contributed by atoms with Gasteiger partial charge < -0.3 is 10.2 Å². The van der Waals surface area contributed by atoms with Crippen LogP contribution in [0.25, 0.3) is 0 Å². The van der Waals surface area contributed by atoms with Crippen molar-refractivity contribution in [2.24, 2.45) is 5.18 Å². The third-order valence-electron chi connectivity index (χ3n) is 2.40. The van der Waals surface area contributed by atoms with Crippen molar-refractivity contribution in [2.45, 2.75) is 11.8 Å². The van der Waals surface area contributed by atoms with E-state index >= 15 is 0 Å². The average Bonchev–Trinajstić information content (AvgIpc) is 2.39. The topological polar surface area (TPSA) is 130 Å². The number of nitro benzene ring substituents is 1. The molecule has 0 amide bonds. The van der Waals surface area contributed by atoms with E-state index in [1.807, 2.05) is 0 Å². The van der Waals surface area contributed by atoms with Gasteiger partial charge in [-0.05, 0) is 17.2 Å². The zero-order valence-corrected chi connectivity index (χ0v) is 10.6. The van der Waals surface area contributed by atoms with Gasteiger partial charge in [-0.3, -0.25) is 10.1 Å². The number of halogens is 1. The van der Waals surface area contributed by atoms with Gasteiger partial charge in [0, 0.05) is 12.1 Å². The van der Waals surface area contributed by atoms with Gasteiger partial charge >= 0.3 is 5.97 Å². The van der Waals surface area contributed by atoms with Gasteiger partial charge in [0.1, 0.15) is 5.76 Å². The number of non-ortho nitro benzene ring substituents is 1. The Bertz CT molecular complexity index is 569. The first-order chi connectivity index (χ1) is 9.36. The maximum atomic E-state index is 10.6. The Balaban J connectivity index is 2.90. The molecule has 0 aliphatic rings. The summed E-state index contributed by atoms with van der Waals surface area (Å²) < 4.78 is 0. The molecule has 0 saturated carbocycles. The van der Waals surface area contributed by atoms with E-state index in [2.05, 4.69) is 5.18 Å². The van der Waals surface area contributed by atoms with Crippen LogP contribution in [-0.2, 0) is 11.2 Å². The molecule has 0 saturated heterocycles. The summed E-state index contributed by atoms with van der Waals surface area (Å²) in [5.74, 6) is -2.54. The van der Waals surface area contributed by atoms with Crippen LogP contribution in [0.3, 0.4) is 0 Å². The van der Waals surface area contributed by atoms with Crippen LogP contribution in [0, 0.1) is 15.0 Å². The van der Waals surface area contributed by atoms with Crippen molar-refractivity contribution in [1.29, 1.82) is 0 Å². The Kier molecular flexibility index (Phi) is 5.15. The summed E-state index contributed by atoms with van der Waals surface area (Å²) in [5, 5.41) is 29.6. The van der Waals surface area contributed by atoms with Crippen molar-refractivity contribution in [3.63, 3.8) is 0 Å². The van der Waals surface area contributed by atoms with E-state index in [1.54, 1.807) is 0 Å². The molecule has 0 radical (unpaired) electrons. The second-order valence-electron chi connectivity index (χ2n) is 3.73. The van der Waals surface area contributed by atoms with Crippen molar-refractivity contribution in [1.82, 2.24) is 0 Å². The SMILES string of the molecule is O=NC(C(=O)O)=C(O)C(Cl)Cc1ccc([N+](=O)[O-])cc1. The van der Waals surface area contributed by atoms with E-state index in [0.717, 1.165) is 0 Å². The van der Waals surface area contributed by atoms with Crippen LogP contribution in [0.5, 0.6) is 0 Å². The monoisotopic (exact) mass is 300 g/mol. The molecule has 1 unspecified atom stereocenters. The van der Waals surface area contributed by atoms with Crippen molar-refractivity contribution < 1.29 is 19.9 Å². The van der Waals surface area contributed by atoms with Crippen LogP contribution in [0.4, 0.5) is 5.69 Å². The molecule has 0 bridgehead atoms. The third kappa shape index (κ3) is 3.75. The van der Waals surface area contributed by atoms with E-state index in [-0.39, 0.29) is 12.1 Å². The highest BCUT2D eigenvalue weighted by atomic mass is 35.5. The smallest absolute Gasteiger partial charge is 0.361 e. The van der Waals surface area contributed by atoms with Crippen LogP contribution in [0.1, 0.15) is 5.56 Å². The molecule has 0 aromatic heterocycles. The minimum Gasteiger partial charge on any atom is -0.508 e. The van der Waals surface area contributed by atoms with E-state index in [9.17, 15) is 24.9 Å². The highest BCUT2D eigenvalue weighted by Crippen LogP contribution is 2.20. The van der Waals surface area contributed by atoms with Gasteiger partial charge in [-0.1, -0.05) is 12.1 Å². The summed E-state index contributed by atoms with van der Waals surface area (Å²) in [4.78, 5) is 30.8. The molecule has 9 heteroatoms. The molecule has 106 valence electrons. The minimum atomic E-state index is -1.69. The maximum Gasteiger partial charge on any atom is 0.361 e. The fourth-order valence-electron chi connectivity index (χ4n) is 1.40. The maximum absolute atomic E-state index is 10.6. The Labute approximate surface area is 117 Å². The standard InChI is InChI=1S/C11H9ClN2O6/c12-8(10(15)9(13-18)11(16)17)5-6-1-3-7(4-2-6)14(19)20/h1-4,8,15H,5H2,(H,16,17). The number of benzene rings is 1. The number of alkyl halides is 1. The van der Waals surface area contributed by atoms with Gasteiger partial charge in [-0.15, -0.1) is 16.5 Å². The van der Waals surface area contributed by atoms with Crippen molar-refractivity contribution in [3.8, 4) is 0 Å². The van der Waals surface area contributed by atoms with Gasteiger partial charge in [0.2, 0.25) is 5.70 Å².